The fourth-order valence-corrected chi connectivity index (χ4v) is 3.97. The number of fused-ring (bicyclic) bond motifs is 2. The number of rotatable bonds is 3. The minimum absolute atomic E-state index is 0.0334. The van der Waals surface area contributed by atoms with Crippen LogP contribution in [0.25, 0.3) is 0 Å². The summed E-state index contributed by atoms with van der Waals surface area (Å²) in [6.45, 7) is 2.94. The van der Waals surface area contributed by atoms with Gasteiger partial charge in [0.05, 0.1) is 6.54 Å². The lowest BCUT2D eigenvalue weighted by Crippen LogP contribution is -2.51. The highest BCUT2D eigenvalue weighted by molar-refractivity contribution is 7.80. The van der Waals surface area contributed by atoms with Gasteiger partial charge in [0.2, 0.25) is 0 Å². The molecule has 0 N–H and O–H groups in total. The van der Waals surface area contributed by atoms with E-state index in [9.17, 15) is 4.79 Å². The summed E-state index contributed by atoms with van der Waals surface area (Å²) in [7, 11) is 0. The molecule has 5 nitrogen and oxygen atoms in total. The molecule has 4 rings (SSSR count). The quantitative estimate of drug-likeness (QED) is 0.783. The number of amides is 1. The second-order valence-electron chi connectivity index (χ2n) is 6.63. The number of benzene rings is 1. The van der Waals surface area contributed by atoms with Crippen LogP contribution in [0.3, 0.4) is 0 Å². The van der Waals surface area contributed by atoms with Crippen LogP contribution in [0.1, 0.15) is 24.8 Å². The Morgan fingerprint density at radius 1 is 1.12 bits per heavy atom. The van der Waals surface area contributed by atoms with Crippen molar-refractivity contribution in [3.63, 3.8) is 0 Å². The van der Waals surface area contributed by atoms with E-state index in [0.717, 1.165) is 32.5 Å². The van der Waals surface area contributed by atoms with Crippen molar-refractivity contribution < 1.29 is 14.3 Å². The molecule has 3 fully saturated rings. The van der Waals surface area contributed by atoms with E-state index in [-0.39, 0.29) is 12.2 Å². The number of carbonyl (C=O) groups is 1. The van der Waals surface area contributed by atoms with Gasteiger partial charge in [0, 0.05) is 19.6 Å². The molecule has 128 valence electrons. The van der Waals surface area contributed by atoms with Gasteiger partial charge in [-0.3, -0.25) is 4.79 Å². The first-order valence-electron chi connectivity index (χ1n) is 8.65. The van der Waals surface area contributed by atoms with E-state index in [0.29, 0.717) is 11.5 Å². The monoisotopic (exact) mass is 346 g/mol. The van der Waals surface area contributed by atoms with Crippen molar-refractivity contribution in [3.05, 3.63) is 35.9 Å². The topological polar surface area (TPSA) is 42.0 Å². The molecule has 24 heavy (non-hydrogen) atoms. The van der Waals surface area contributed by atoms with Gasteiger partial charge in [-0.05, 0) is 24.8 Å². The number of piperidine rings is 1. The number of likely N-dealkylation sites (tertiary alicyclic amines) is 1. The highest BCUT2D eigenvalue weighted by Gasteiger charge is 2.50. The van der Waals surface area contributed by atoms with Gasteiger partial charge < -0.3 is 19.3 Å². The van der Waals surface area contributed by atoms with E-state index in [2.05, 4.69) is 17.0 Å². The lowest BCUT2D eigenvalue weighted by Gasteiger charge is -2.34. The van der Waals surface area contributed by atoms with E-state index in [4.69, 9.17) is 21.7 Å². The lowest BCUT2D eigenvalue weighted by molar-refractivity contribution is -0.145. The Labute approximate surface area is 147 Å². The summed E-state index contributed by atoms with van der Waals surface area (Å²) in [4.78, 5) is 17.5. The molecule has 1 aromatic carbocycles. The van der Waals surface area contributed by atoms with Crippen LogP contribution in [0.15, 0.2) is 30.3 Å². The molecule has 1 aromatic rings. The normalized spacial score (nSPS) is 29.8. The van der Waals surface area contributed by atoms with Crippen molar-refractivity contribution >= 4 is 23.1 Å². The minimum atomic E-state index is -0.582. The van der Waals surface area contributed by atoms with Gasteiger partial charge in [-0.2, -0.15) is 0 Å². The van der Waals surface area contributed by atoms with Crippen molar-refractivity contribution in [1.29, 1.82) is 0 Å². The van der Waals surface area contributed by atoms with Crippen LogP contribution in [-0.4, -0.2) is 58.8 Å². The molecule has 2 bridgehead atoms. The standard InChI is InChI=1S/C18H22N2O3S/c21-17(19-9-5-2-6-10-19)15-16-18(24)20(12-14(22-15)23-16)11-13-7-3-1-4-8-13/h1,3-4,7-8,14-16H,2,5-6,9-12H2/t14-,15+,16-/m0/s1. The molecule has 1 amide bonds. The van der Waals surface area contributed by atoms with Crippen LogP contribution in [0, 0.1) is 0 Å². The van der Waals surface area contributed by atoms with E-state index in [1.807, 2.05) is 23.1 Å². The average molecular weight is 346 g/mol. The largest absolute Gasteiger partial charge is 0.354 e. The molecule has 3 aliphatic heterocycles. The Bertz CT molecular complexity index is 618. The number of nitrogens with zero attached hydrogens (tertiary/aromatic N) is 2. The lowest BCUT2D eigenvalue weighted by atomic mass is 10.1. The van der Waals surface area contributed by atoms with Gasteiger partial charge in [-0.25, -0.2) is 0 Å². The average Bonchev–Trinajstić information content (AvgIpc) is 3.00. The predicted octanol–water partition coefficient (Wildman–Crippen LogP) is 1.95. The third-order valence-electron chi connectivity index (χ3n) is 4.92. The van der Waals surface area contributed by atoms with Crippen LogP contribution < -0.4 is 0 Å². The molecule has 0 aromatic heterocycles. The summed E-state index contributed by atoms with van der Waals surface area (Å²) in [5.41, 5.74) is 1.19. The highest BCUT2D eigenvalue weighted by Crippen LogP contribution is 2.30. The molecule has 3 atom stereocenters. The fourth-order valence-electron chi connectivity index (χ4n) is 3.65. The molecule has 0 saturated carbocycles. The third kappa shape index (κ3) is 3.06. The first kappa shape index (κ1) is 16.0. The minimum Gasteiger partial charge on any atom is -0.354 e. The summed E-state index contributed by atoms with van der Waals surface area (Å²) in [6.07, 6.45) is 1.94. The fraction of sp³-hybridized carbons (Fsp3) is 0.556. The number of carbonyl (C=O) groups excluding carboxylic acids is 1. The molecule has 3 aliphatic rings. The Kier molecular flexibility index (Phi) is 4.52. The summed E-state index contributed by atoms with van der Waals surface area (Å²) < 4.78 is 11.7. The van der Waals surface area contributed by atoms with E-state index >= 15 is 0 Å². The zero-order valence-electron chi connectivity index (χ0n) is 13.6. The Balaban J connectivity index is 1.46. The summed E-state index contributed by atoms with van der Waals surface area (Å²) >= 11 is 5.62. The molecule has 3 heterocycles. The van der Waals surface area contributed by atoms with Crippen molar-refractivity contribution in [3.8, 4) is 0 Å². The Hall–Kier alpha value is -1.50. The van der Waals surface area contributed by atoms with E-state index < -0.39 is 12.2 Å². The maximum Gasteiger partial charge on any atom is 0.255 e. The number of morpholine rings is 1. The molecule has 0 spiro atoms. The second kappa shape index (κ2) is 6.78. The SMILES string of the molecule is O=C([C@@H]1O[C@@H]2CN(Cc3ccccc3)C(=S)[C@H]1O2)N1CCCCC1. The number of hydrogen-bond acceptors (Lipinski definition) is 4. The van der Waals surface area contributed by atoms with Gasteiger partial charge in [0.15, 0.2) is 12.4 Å². The number of hydrogen-bond donors (Lipinski definition) is 0. The van der Waals surface area contributed by atoms with Crippen LogP contribution in [0.5, 0.6) is 0 Å². The van der Waals surface area contributed by atoms with E-state index in [1.54, 1.807) is 0 Å². The zero-order chi connectivity index (χ0) is 16.5. The smallest absolute Gasteiger partial charge is 0.255 e. The third-order valence-corrected chi connectivity index (χ3v) is 5.41. The van der Waals surface area contributed by atoms with Crippen LogP contribution in [0.2, 0.25) is 0 Å². The maximum absolute atomic E-state index is 12.8. The Morgan fingerprint density at radius 3 is 2.62 bits per heavy atom. The van der Waals surface area contributed by atoms with Crippen molar-refractivity contribution in [2.75, 3.05) is 19.6 Å². The van der Waals surface area contributed by atoms with Crippen molar-refractivity contribution in [2.45, 2.75) is 44.3 Å². The van der Waals surface area contributed by atoms with Crippen molar-refractivity contribution in [1.82, 2.24) is 9.80 Å². The van der Waals surface area contributed by atoms with Crippen LogP contribution in [0.4, 0.5) is 0 Å². The molecule has 0 unspecified atom stereocenters. The molecular formula is C18H22N2O3S. The molecule has 6 heteroatoms. The second-order valence-corrected chi connectivity index (χ2v) is 7.05. The van der Waals surface area contributed by atoms with Gasteiger partial charge in [0.25, 0.3) is 5.91 Å². The first-order valence-corrected chi connectivity index (χ1v) is 9.05. The van der Waals surface area contributed by atoms with Gasteiger partial charge in [-0.1, -0.05) is 42.5 Å². The molecule has 3 saturated heterocycles. The van der Waals surface area contributed by atoms with Gasteiger partial charge in [0.1, 0.15) is 11.1 Å². The highest BCUT2D eigenvalue weighted by atomic mass is 32.1. The summed E-state index contributed by atoms with van der Waals surface area (Å²) in [5.74, 6) is 0.0334. The molecule has 0 radical (unpaired) electrons. The van der Waals surface area contributed by atoms with Crippen molar-refractivity contribution in [2.24, 2.45) is 0 Å². The zero-order valence-corrected chi connectivity index (χ0v) is 14.4. The molecule has 0 aliphatic carbocycles. The van der Waals surface area contributed by atoms with E-state index in [1.165, 1.54) is 12.0 Å². The van der Waals surface area contributed by atoms with Gasteiger partial charge >= 0.3 is 0 Å². The summed E-state index contributed by atoms with van der Waals surface area (Å²) in [5, 5.41) is 0. The number of thiocarbonyl (C=S) groups is 1. The van der Waals surface area contributed by atoms with Gasteiger partial charge in [-0.15, -0.1) is 0 Å². The first-order chi connectivity index (χ1) is 11.7. The maximum atomic E-state index is 12.8. The predicted molar refractivity (Wildman–Crippen MR) is 93.4 cm³/mol. The Morgan fingerprint density at radius 2 is 1.88 bits per heavy atom. The number of ether oxygens (including phenoxy) is 2. The van der Waals surface area contributed by atoms with Crippen LogP contribution >= 0.6 is 12.2 Å². The van der Waals surface area contributed by atoms with Crippen LogP contribution in [-0.2, 0) is 20.8 Å². The summed E-state index contributed by atoms with van der Waals surface area (Å²) in [6, 6.07) is 10.2. The molecular weight excluding hydrogens is 324 g/mol.